The zero-order valence-corrected chi connectivity index (χ0v) is 12.1. The van der Waals surface area contributed by atoms with Crippen LogP contribution in [0.25, 0.3) is 0 Å². The highest BCUT2D eigenvalue weighted by Gasteiger charge is 2.08. The fraction of sp³-hybridized carbons (Fsp3) is 0.188. The predicted molar refractivity (Wildman–Crippen MR) is 83.0 cm³/mol. The zero-order chi connectivity index (χ0) is 15.9. The summed E-state index contributed by atoms with van der Waals surface area (Å²) in [6.07, 6.45) is 0.819. The molecular formula is C16H16N2O4. The average molecular weight is 300 g/mol. The first-order valence-corrected chi connectivity index (χ1v) is 6.85. The van der Waals surface area contributed by atoms with E-state index in [0.717, 1.165) is 17.7 Å². The van der Waals surface area contributed by atoms with E-state index in [1.807, 2.05) is 31.2 Å². The van der Waals surface area contributed by atoms with E-state index in [0.29, 0.717) is 5.75 Å². The lowest BCUT2D eigenvalue weighted by Crippen LogP contribution is -2.20. The number of rotatable bonds is 6. The fourth-order valence-electron chi connectivity index (χ4n) is 1.95. The Morgan fingerprint density at radius 3 is 2.50 bits per heavy atom. The SMILES string of the molecule is CCc1ccccc1NC(=O)COc1ccc([N+](=O)[O-])cc1. The largest absolute Gasteiger partial charge is 0.484 e. The first-order chi connectivity index (χ1) is 10.6. The van der Waals surface area contributed by atoms with E-state index in [1.165, 1.54) is 24.3 Å². The molecule has 0 aliphatic heterocycles. The number of carbonyl (C=O) groups is 1. The van der Waals surface area contributed by atoms with Crippen molar-refractivity contribution in [1.82, 2.24) is 0 Å². The van der Waals surface area contributed by atoms with Crippen molar-refractivity contribution in [3.05, 3.63) is 64.2 Å². The first-order valence-electron chi connectivity index (χ1n) is 6.85. The Bertz CT molecular complexity index is 668. The topological polar surface area (TPSA) is 81.5 Å². The summed E-state index contributed by atoms with van der Waals surface area (Å²) in [4.78, 5) is 21.9. The average Bonchev–Trinajstić information content (AvgIpc) is 2.54. The quantitative estimate of drug-likeness (QED) is 0.656. The van der Waals surface area contributed by atoms with Crippen molar-refractivity contribution in [2.24, 2.45) is 0 Å². The highest BCUT2D eigenvalue weighted by atomic mass is 16.6. The Balaban J connectivity index is 1.91. The summed E-state index contributed by atoms with van der Waals surface area (Å²) in [6.45, 7) is 1.86. The Morgan fingerprint density at radius 1 is 1.18 bits per heavy atom. The van der Waals surface area contributed by atoms with Crippen molar-refractivity contribution in [3.63, 3.8) is 0 Å². The third-order valence-electron chi connectivity index (χ3n) is 3.09. The van der Waals surface area contributed by atoms with E-state index in [1.54, 1.807) is 0 Å². The Kier molecular flexibility index (Phi) is 5.08. The smallest absolute Gasteiger partial charge is 0.269 e. The molecule has 0 unspecified atom stereocenters. The molecule has 6 nitrogen and oxygen atoms in total. The summed E-state index contributed by atoms with van der Waals surface area (Å²) in [5, 5.41) is 13.3. The first kappa shape index (κ1) is 15.5. The van der Waals surface area contributed by atoms with Crippen molar-refractivity contribution in [3.8, 4) is 5.75 Å². The molecule has 0 spiro atoms. The minimum atomic E-state index is -0.488. The molecular weight excluding hydrogens is 284 g/mol. The molecule has 0 atom stereocenters. The summed E-state index contributed by atoms with van der Waals surface area (Å²) in [5.74, 6) is 0.128. The minimum absolute atomic E-state index is 0.0197. The Hall–Kier alpha value is -2.89. The molecule has 0 aliphatic rings. The number of nitrogens with zero attached hydrogens (tertiary/aromatic N) is 1. The molecule has 0 fully saturated rings. The number of nitro groups is 1. The van der Waals surface area contributed by atoms with Crippen LogP contribution in [0.5, 0.6) is 5.75 Å². The third-order valence-corrected chi connectivity index (χ3v) is 3.09. The van der Waals surface area contributed by atoms with E-state index in [2.05, 4.69) is 5.32 Å². The van der Waals surface area contributed by atoms with Crippen LogP contribution in [-0.2, 0) is 11.2 Å². The second-order valence-corrected chi connectivity index (χ2v) is 4.60. The van der Waals surface area contributed by atoms with Gasteiger partial charge in [-0.15, -0.1) is 0 Å². The van der Waals surface area contributed by atoms with Crippen LogP contribution in [-0.4, -0.2) is 17.4 Å². The molecule has 2 aromatic rings. The van der Waals surface area contributed by atoms with Gasteiger partial charge in [0, 0.05) is 17.8 Å². The van der Waals surface area contributed by atoms with Gasteiger partial charge in [0.15, 0.2) is 6.61 Å². The molecule has 22 heavy (non-hydrogen) atoms. The van der Waals surface area contributed by atoms with Crippen molar-refractivity contribution in [1.29, 1.82) is 0 Å². The van der Waals surface area contributed by atoms with Crippen LogP contribution in [0, 0.1) is 10.1 Å². The fourth-order valence-corrected chi connectivity index (χ4v) is 1.95. The number of carbonyl (C=O) groups excluding carboxylic acids is 1. The molecule has 114 valence electrons. The molecule has 6 heteroatoms. The summed E-state index contributed by atoms with van der Waals surface area (Å²) >= 11 is 0. The molecule has 0 aliphatic carbocycles. The minimum Gasteiger partial charge on any atom is -0.484 e. The number of anilines is 1. The van der Waals surface area contributed by atoms with Crippen LogP contribution >= 0.6 is 0 Å². The second kappa shape index (κ2) is 7.21. The second-order valence-electron chi connectivity index (χ2n) is 4.60. The summed E-state index contributed by atoms with van der Waals surface area (Å²) in [6, 6.07) is 13.2. The number of non-ortho nitro benzene ring substituents is 1. The van der Waals surface area contributed by atoms with Gasteiger partial charge < -0.3 is 10.1 Å². The highest BCUT2D eigenvalue weighted by Crippen LogP contribution is 2.18. The van der Waals surface area contributed by atoms with E-state index < -0.39 is 4.92 Å². The number of aryl methyl sites for hydroxylation is 1. The van der Waals surface area contributed by atoms with Gasteiger partial charge in [0.2, 0.25) is 0 Å². The van der Waals surface area contributed by atoms with Gasteiger partial charge in [-0.05, 0) is 30.2 Å². The van der Waals surface area contributed by atoms with Crippen LogP contribution in [0.3, 0.4) is 0 Å². The standard InChI is InChI=1S/C16H16N2O4/c1-2-12-5-3-4-6-15(12)17-16(19)11-22-14-9-7-13(8-10-14)18(20)21/h3-10H,2,11H2,1H3,(H,17,19). The number of nitrogens with one attached hydrogen (secondary N) is 1. The highest BCUT2D eigenvalue weighted by molar-refractivity contribution is 5.92. The van der Waals surface area contributed by atoms with Gasteiger partial charge in [-0.2, -0.15) is 0 Å². The zero-order valence-electron chi connectivity index (χ0n) is 12.1. The maximum absolute atomic E-state index is 11.9. The van der Waals surface area contributed by atoms with Crippen LogP contribution in [0.1, 0.15) is 12.5 Å². The molecule has 2 rings (SSSR count). The molecule has 0 bridgehead atoms. The lowest BCUT2D eigenvalue weighted by atomic mass is 10.1. The van der Waals surface area contributed by atoms with E-state index in [9.17, 15) is 14.9 Å². The van der Waals surface area contributed by atoms with Crippen LogP contribution in [0.2, 0.25) is 0 Å². The van der Waals surface area contributed by atoms with Crippen LogP contribution in [0.15, 0.2) is 48.5 Å². The van der Waals surface area contributed by atoms with Crippen LogP contribution < -0.4 is 10.1 Å². The van der Waals surface area contributed by atoms with Crippen LogP contribution in [0.4, 0.5) is 11.4 Å². The third kappa shape index (κ3) is 4.05. The van der Waals surface area contributed by atoms with Gasteiger partial charge in [0.25, 0.3) is 11.6 Å². The number of hydrogen-bond donors (Lipinski definition) is 1. The van der Waals surface area contributed by atoms with Gasteiger partial charge in [-0.1, -0.05) is 25.1 Å². The number of nitro benzene ring substituents is 1. The van der Waals surface area contributed by atoms with Crippen molar-refractivity contribution in [2.75, 3.05) is 11.9 Å². The summed E-state index contributed by atoms with van der Waals surface area (Å²) in [5.41, 5.74) is 1.79. The van der Waals surface area contributed by atoms with Gasteiger partial charge >= 0.3 is 0 Å². The number of hydrogen-bond acceptors (Lipinski definition) is 4. The van der Waals surface area contributed by atoms with Gasteiger partial charge in [0.1, 0.15) is 5.75 Å². The van der Waals surface area contributed by atoms with E-state index >= 15 is 0 Å². The Labute approximate surface area is 127 Å². The van der Waals surface area contributed by atoms with Crippen molar-refractivity contribution >= 4 is 17.3 Å². The van der Waals surface area contributed by atoms with E-state index in [4.69, 9.17) is 4.74 Å². The molecule has 0 saturated heterocycles. The monoisotopic (exact) mass is 300 g/mol. The summed E-state index contributed by atoms with van der Waals surface area (Å²) < 4.78 is 5.31. The number of ether oxygens (including phenoxy) is 1. The van der Waals surface area contributed by atoms with E-state index in [-0.39, 0.29) is 18.2 Å². The van der Waals surface area contributed by atoms with Crippen molar-refractivity contribution in [2.45, 2.75) is 13.3 Å². The molecule has 0 radical (unpaired) electrons. The maximum Gasteiger partial charge on any atom is 0.269 e. The lowest BCUT2D eigenvalue weighted by molar-refractivity contribution is -0.384. The predicted octanol–water partition coefficient (Wildman–Crippen LogP) is 3.17. The molecule has 0 aromatic heterocycles. The van der Waals surface area contributed by atoms with Crippen molar-refractivity contribution < 1.29 is 14.5 Å². The maximum atomic E-state index is 11.9. The molecule has 0 heterocycles. The van der Waals surface area contributed by atoms with Gasteiger partial charge in [-0.3, -0.25) is 14.9 Å². The molecule has 2 aromatic carbocycles. The van der Waals surface area contributed by atoms with Gasteiger partial charge in [0.05, 0.1) is 4.92 Å². The number of amides is 1. The molecule has 0 saturated carbocycles. The normalized spacial score (nSPS) is 10.0. The number of benzene rings is 2. The molecule has 1 N–H and O–H groups in total. The summed E-state index contributed by atoms with van der Waals surface area (Å²) in [7, 11) is 0. The lowest BCUT2D eigenvalue weighted by Gasteiger charge is -2.10. The Morgan fingerprint density at radius 2 is 1.86 bits per heavy atom. The number of para-hydroxylation sites is 1. The van der Waals surface area contributed by atoms with Gasteiger partial charge in [-0.25, -0.2) is 0 Å². The molecule has 1 amide bonds.